The Hall–Kier alpha value is -4.16. The molecule has 2 aliphatic rings. The second kappa shape index (κ2) is 19.8. The summed E-state index contributed by atoms with van der Waals surface area (Å²) in [6.45, 7) is 18.0. The van der Waals surface area contributed by atoms with Gasteiger partial charge in [-0.25, -0.2) is 0 Å². The van der Waals surface area contributed by atoms with Gasteiger partial charge < -0.3 is 47.4 Å². The zero-order chi connectivity index (χ0) is 39.4. The molecule has 0 saturated carbocycles. The van der Waals surface area contributed by atoms with E-state index in [0.717, 1.165) is 36.2 Å². The average Bonchev–Trinajstić information content (AvgIpc) is 4.14. The summed E-state index contributed by atoms with van der Waals surface area (Å²) < 4.78 is 56.9. The van der Waals surface area contributed by atoms with E-state index in [9.17, 15) is 0 Å². The predicted molar refractivity (Wildman–Crippen MR) is 214 cm³/mol. The molecule has 0 aliphatic carbocycles. The van der Waals surface area contributed by atoms with Crippen molar-refractivity contribution in [2.24, 2.45) is 0 Å². The molecule has 0 radical (unpaired) electrons. The van der Waals surface area contributed by atoms with Crippen molar-refractivity contribution in [1.29, 1.82) is 0 Å². The van der Waals surface area contributed by atoms with Crippen LogP contribution in [0.4, 0.5) is 0 Å². The van der Waals surface area contributed by atoms with Crippen LogP contribution in [0, 0.1) is 0 Å². The van der Waals surface area contributed by atoms with E-state index in [1.807, 2.05) is 62.4 Å². The lowest BCUT2D eigenvalue weighted by Gasteiger charge is -2.27. The van der Waals surface area contributed by atoms with E-state index in [-0.39, 0.29) is 23.0 Å². The summed E-state index contributed by atoms with van der Waals surface area (Å²) in [7, 11) is 0. The number of epoxide rings is 2. The van der Waals surface area contributed by atoms with E-state index >= 15 is 0 Å². The van der Waals surface area contributed by atoms with E-state index in [2.05, 4.69) is 76.2 Å². The number of ether oxygens (including phenoxy) is 10. The molecule has 0 N–H and O–H groups in total. The van der Waals surface area contributed by atoms with Crippen LogP contribution < -0.4 is 18.9 Å². The average molecular weight is 771 g/mol. The van der Waals surface area contributed by atoms with Crippen molar-refractivity contribution in [1.82, 2.24) is 0 Å². The van der Waals surface area contributed by atoms with E-state index in [1.54, 1.807) is 0 Å². The van der Waals surface area contributed by atoms with Gasteiger partial charge in [-0.15, -0.1) is 0 Å². The molecule has 2 heterocycles. The molecular formula is C46H58O10. The van der Waals surface area contributed by atoms with Crippen molar-refractivity contribution in [2.75, 3.05) is 66.1 Å². The first kappa shape index (κ1) is 41.5. The molecular weight excluding hydrogens is 712 g/mol. The highest BCUT2D eigenvalue weighted by Gasteiger charge is 2.26. The molecule has 0 spiro atoms. The van der Waals surface area contributed by atoms with Crippen LogP contribution in [-0.4, -0.2) is 90.9 Å². The fourth-order valence-corrected chi connectivity index (χ4v) is 6.20. The number of benzene rings is 4. The van der Waals surface area contributed by atoms with Crippen LogP contribution in [-0.2, 0) is 39.3 Å². The first-order chi connectivity index (χ1) is 27.1. The van der Waals surface area contributed by atoms with E-state index in [4.69, 9.17) is 47.4 Å². The Morgan fingerprint density at radius 3 is 1.05 bits per heavy atom. The SMILES string of the molecule is CC(OCCOCCOCCOC(C)Oc1ccc(C(C)(C)c2ccc(OCC3CO3)cc2)cc1)Oc1ccc(C(C)(C)c2ccc(OCC3CO3)cc2)cc1. The summed E-state index contributed by atoms with van der Waals surface area (Å²) in [6.07, 6.45) is -0.336. The highest BCUT2D eigenvalue weighted by molar-refractivity contribution is 5.43. The summed E-state index contributed by atoms with van der Waals surface area (Å²) in [5.74, 6) is 3.22. The maximum atomic E-state index is 5.98. The van der Waals surface area contributed by atoms with E-state index in [1.165, 1.54) is 22.3 Å². The van der Waals surface area contributed by atoms with Crippen LogP contribution >= 0.6 is 0 Å². The first-order valence-corrected chi connectivity index (χ1v) is 19.7. The number of rotatable bonds is 25. The van der Waals surface area contributed by atoms with Crippen molar-refractivity contribution in [3.8, 4) is 23.0 Å². The minimum atomic E-state index is -0.412. The maximum Gasteiger partial charge on any atom is 0.197 e. The molecule has 4 atom stereocenters. The van der Waals surface area contributed by atoms with Crippen molar-refractivity contribution in [2.45, 2.75) is 77.2 Å². The van der Waals surface area contributed by atoms with Gasteiger partial charge in [0, 0.05) is 10.8 Å². The van der Waals surface area contributed by atoms with Crippen LogP contribution in [0.2, 0.25) is 0 Å². The van der Waals surface area contributed by atoms with E-state index < -0.39 is 12.6 Å². The van der Waals surface area contributed by atoms with Crippen LogP contribution in [0.25, 0.3) is 0 Å². The summed E-state index contributed by atoms with van der Waals surface area (Å²) in [5, 5.41) is 0. The largest absolute Gasteiger partial charge is 0.491 e. The fraction of sp³-hybridized carbons (Fsp3) is 0.478. The molecule has 10 nitrogen and oxygen atoms in total. The molecule has 2 saturated heterocycles. The third-order valence-corrected chi connectivity index (χ3v) is 10.1. The Balaban J connectivity index is 0.784. The molecule has 0 aromatic heterocycles. The van der Waals surface area contributed by atoms with Crippen molar-refractivity contribution >= 4 is 0 Å². The quantitative estimate of drug-likeness (QED) is 0.0374. The lowest BCUT2D eigenvalue weighted by atomic mass is 9.78. The standard InChI is InChI=1S/C46H58O10/c1-33(55-41-19-11-37(12-20-41)45(3,4)35-7-15-39(16-8-35)51-29-43-31-53-43)49-27-25-47-23-24-48-26-28-50-34(2)56-42-21-13-38(14-22-42)46(5,6)36-9-17-40(18-10-36)52-30-44-32-54-44/h7-22,33-34,43-44H,23-32H2,1-6H3. The third-order valence-electron chi connectivity index (χ3n) is 10.1. The number of hydrogen-bond acceptors (Lipinski definition) is 10. The minimum absolute atomic E-state index is 0.177. The molecule has 0 amide bonds. The Bertz CT molecular complexity index is 1600. The third kappa shape index (κ3) is 12.7. The summed E-state index contributed by atoms with van der Waals surface area (Å²) in [4.78, 5) is 0. The minimum Gasteiger partial charge on any atom is -0.491 e. The Kier molecular flexibility index (Phi) is 14.7. The first-order valence-electron chi connectivity index (χ1n) is 19.7. The van der Waals surface area contributed by atoms with Gasteiger partial charge in [0.2, 0.25) is 0 Å². The molecule has 302 valence electrons. The zero-order valence-electron chi connectivity index (χ0n) is 33.7. The van der Waals surface area contributed by atoms with Gasteiger partial charge in [0.15, 0.2) is 12.6 Å². The highest BCUT2D eigenvalue weighted by Crippen LogP contribution is 2.35. The van der Waals surface area contributed by atoms with Crippen molar-refractivity contribution < 1.29 is 47.4 Å². The lowest BCUT2D eigenvalue weighted by molar-refractivity contribution is -0.0943. The lowest BCUT2D eigenvalue weighted by Crippen LogP contribution is -2.21. The zero-order valence-corrected chi connectivity index (χ0v) is 33.7. The second-order valence-corrected chi connectivity index (χ2v) is 15.2. The number of hydrogen-bond donors (Lipinski definition) is 0. The Labute approximate surface area is 332 Å². The van der Waals surface area contributed by atoms with E-state index in [0.29, 0.717) is 52.9 Å². The van der Waals surface area contributed by atoms with Gasteiger partial charge in [0.25, 0.3) is 0 Å². The van der Waals surface area contributed by atoms with Crippen LogP contribution in [0.1, 0.15) is 63.8 Å². The second-order valence-electron chi connectivity index (χ2n) is 15.2. The molecule has 2 fully saturated rings. The van der Waals surface area contributed by atoms with Gasteiger partial charge in [-0.05, 0) is 84.6 Å². The molecule has 2 aliphatic heterocycles. The summed E-state index contributed by atoms with van der Waals surface area (Å²) in [5.41, 5.74) is 4.44. The smallest absolute Gasteiger partial charge is 0.197 e. The highest BCUT2D eigenvalue weighted by atomic mass is 16.7. The molecule has 4 unspecified atom stereocenters. The van der Waals surface area contributed by atoms with Crippen LogP contribution in [0.3, 0.4) is 0 Å². The van der Waals surface area contributed by atoms with Gasteiger partial charge in [0.1, 0.15) is 48.4 Å². The van der Waals surface area contributed by atoms with Crippen molar-refractivity contribution in [3.63, 3.8) is 0 Å². The topological polar surface area (TPSA) is 98.9 Å². The molecule has 56 heavy (non-hydrogen) atoms. The molecule has 4 aromatic rings. The molecule has 4 aromatic carbocycles. The fourth-order valence-electron chi connectivity index (χ4n) is 6.20. The predicted octanol–water partition coefficient (Wildman–Crippen LogP) is 8.11. The van der Waals surface area contributed by atoms with Gasteiger partial charge >= 0.3 is 0 Å². The normalized spacial score (nSPS) is 17.5. The molecule has 6 rings (SSSR count). The summed E-state index contributed by atoms with van der Waals surface area (Å²) in [6, 6.07) is 32.9. The Morgan fingerprint density at radius 1 is 0.464 bits per heavy atom. The van der Waals surface area contributed by atoms with Crippen LogP contribution in [0.5, 0.6) is 23.0 Å². The van der Waals surface area contributed by atoms with Crippen LogP contribution in [0.15, 0.2) is 97.1 Å². The summed E-state index contributed by atoms with van der Waals surface area (Å²) >= 11 is 0. The monoisotopic (exact) mass is 770 g/mol. The van der Waals surface area contributed by atoms with Gasteiger partial charge in [-0.1, -0.05) is 76.2 Å². The maximum absolute atomic E-state index is 5.98. The van der Waals surface area contributed by atoms with Gasteiger partial charge in [-0.2, -0.15) is 0 Å². The molecule has 0 bridgehead atoms. The van der Waals surface area contributed by atoms with Gasteiger partial charge in [-0.3, -0.25) is 0 Å². The van der Waals surface area contributed by atoms with Crippen molar-refractivity contribution in [3.05, 3.63) is 119 Å². The molecule has 10 heteroatoms. The van der Waals surface area contributed by atoms with Gasteiger partial charge in [0.05, 0.1) is 52.9 Å². The Morgan fingerprint density at radius 2 is 0.750 bits per heavy atom.